The third-order valence-corrected chi connectivity index (χ3v) is 1.99. The minimum absolute atomic E-state index is 0.0515. The maximum absolute atomic E-state index is 11.1. The number of rotatable bonds is 5. The molecular formula is C11H16N2O2. The molecule has 0 amide bonds. The fourth-order valence-corrected chi connectivity index (χ4v) is 1.19. The topological polar surface area (TPSA) is 51.2 Å². The van der Waals surface area contributed by atoms with E-state index in [-0.39, 0.29) is 18.6 Å². The second kappa shape index (κ2) is 6.14. The highest BCUT2D eigenvalue weighted by Gasteiger charge is 2.08. The molecule has 1 aromatic heterocycles. The van der Waals surface area contributed by atoms with Gasteiger partial charge in [0.15, 0.2) is 0 Å². The summed E-state index contributed by atoms with van der Waals surface area (Å²) in [6.45, 7) is 4.38. The van der Waals surface area contributed by atoms with Crippen LogP contribution in [0.25, 0.3) is 0 Å². The van der Waals surface area contributed by atoms with Gasteiger partial charge >= 0.3 is 5.97 Å². The van der Waals surface area contributed by atoms with Crippen LogP contribution in [0.2, 0.25) is 0 Å². The molecule has 1 N–H and O–H groups in total. The Kier molecular flexibility index (Phi) is 4.77. The van der Waals surface area contributed by atoms with E-state index in [9.17, 15) is 4.79 Å². The lowest BCUT2D eigenvalue weighted by Gasteiger charge is -2.12. The molecule has 1 heterocycles. The van der Waals surface area contributed by atoms with Crippen LogP contribution in [0.3, 0.4) is 0 Å². The predicted molar refractivity (Wildman–Crippen MR) is 57.3 cm³/mol. The molecule has 4 heteroatoms. The van der Waals surface area contributed by atoms with Gasteiger partial charge in [-0.25, -0.2) is 0 Å². The molecule has 0 unspecified atom stereocenters. The van der Waals surface area contributed by atoms with Crippen molar-refractivity contribution < 1.29 is 9.53 Å². The number of ether oxygens (including phenoxy) is 1. The number of aromatic nitrogens is 1. The summed E-state index contributed by atoms with van der Waals surface area (Å²) in [5.41, 5.74) is 0.918. The van der Waals surface area contributed by atoms with Gasteiger partial charge in [-0.1, -0.05) is 6.07 Å². The first-order valence-electron chi connectivity index (χ1n) is 5.04. The molecule has 1 rings (SSSR count). The van der Waals surface area contributed by atoms with Crippen molar-refractivity contribution in [2.75, 3.05) is 13.2 Å². The molecule has 82 valence electrons. The van der Waals surface area contributed by atoms with Crippen LogP contribution in [0, 0.1) is 0 Å². The minimum atomic E-state index is -0.236. The zero-order valence-electron chi connectivity index (χ0n) is 9.06. The fourth-order valence-electron chi connectivity index (χ4n) is 1.19. The summed E-state index contributed by atoms with van der Waals surface area (Å²) in [5.74, 6) is -0.236. The Hall–Kier alpha value is -1.42. The monoisotopic (exact) mass is 208 g/mol. The summed E-state index contributed by atoms with van der Waals surface area (Å²) < 4.78 is 4.81. The maximum Gasteiger partial charge on any atom is 0.319 e. The molecule has 0 aliphatic rings. The van der Waals surface area contributed by atoms with Crippen molar-refractivity contribution in [3.05, 3.63) is 30.1 Å². The van der Waals surface area contributed by atoms with Crippen LogP contribution >= 0.6 is 0 Å². The number of nitrogens with zero attached hydrogens (tertiary/aromatic N) is 1. The van der Waals surface area contributed by atoms with E-state index in [0.717, 1.165) is 5.69 Å². The number of hydrogen-bond donors (Lipinski definition) is 1. The van der Waals surface area contributed by atoms with Crippen molar-refractivity contribution in [1.82, 2.24) is 10.3 Å². The lowest BCUT2D eigenvalue weighted by molar-refractivity contribution is -0.142. The highest BCUT2D eigenvalue weighted by molar-refractivity contribution is 5.71. The molecule has 0 saturated carbocycles. The quantitative estimate of drug-likeness (QED) is 0.741. The number of hydrogen-bond acceptors (Lipinski definition) is 4. The van der Waals surface area contributed by atoms with Gasteiger partial charge in [0, 0.05) is 12.2 Å². The standard InChI is InChI=1S/C11H16N2O2/c1-3-15-11(14)8-13-9(2)10-6-4-5-7-12-10/h4-7,9,13H,3,8H2,1-2H3/t9-/m0/s1. The second-order valence-corrected chi connectivity index (χ2v) is 3.16. The van der Waals surface area contributed by atoms with Gasteiger partial charge in [0.1, 0.15) is 0 Å². The largest absolute Gasteiger partial charge is 0.465 e. The van der Waals surface area contributed by atoms with Gasteiger partial charge in [-0.05, 0) is 26.0 Å². The smallest absolute Gasteiger partial charge is 0.319 e. The van der Waals surface area contributed by atoms with Crippen LogP contribution in [0.15, 0.2) is 24.4 Å². The van der Waals surface area contributed by atoms with Gasteiger partial charge in [0.05, 0.1) is 18.8 Å². The maximum atomic E-state index is 11.1. The number of carbonyl (C=O) groups is 1. The highest BCUT2D eigenvalue weighted by Crippen LogP contribution is 2.06. The average Bonchev–Trinajstić information content (AvgIpc) is 2.27. The van der Waals surface area contributed by atoms with Crippen LogP contribution in [0.1, 0.15) is 25.6 Å². The number of esters is 1. The van der Waals surface area contributed by atoms with Crippen molar-refractivity contribution in [3.63, 3.8) is 0 Å². The van der Waals surface area contributed by atoms with Gasteiger partial charge in [-0.3, -0.25) is 15.1 Å². The van der Waals surface area contributed by atoms with Crippen molar-refractivity contribution >= 4 is 5.97 Å². The second-order valence-electron chi connectivity index (χ2n) is 3.16. The van der Waals surface area contributed by atoms with Gasteiger partial charge < -0.3 is 4.74 Å². The fraction of sp³-hybridized carbons (Fsp3) is 0.455. The normalized spacial score (nSPS) is 12.1. The van der Waals surface area contributed by atoms with Crippen molar-refractivity contribution in [2.45, 2.75) is 19.9 Å². The van der Waals surface area contributed by atoms with Gasteiger partial charge in [0.25, 0.3) is 0 Å². The van der Waals surface area contributed by atoms with Crippen molar-refractivity contribution in [1.29, 1.82) is 0 Å². The van der Waals surface area contributed by atoms with Crippen LogP contribution in [-0.4, -0.2) is 24.1 Å². The van der Waals surface area contributed by atoms with E-state index < -0.39 is 0 Å². The Bertz CT molecular complexity index is 301. The van der Waals surface area contributed by atoms with Crippen LogP contribution in [-0.2, 0) is 9.53 Å². The lowest BCUT2D eigenvalue weighted by Crippen LogP contribution is -2.27. The van der Waals surface area contributed by atoms with Crippen molar-refractivity contribution in [2.24, 2.45) is 0 Å². The first-order chi connectivity index (χ1) is 7.24. The molecule has 15 heavy (non-hydrogen) atoms. The molecule has 1 aromatic rings. The molecule has 0 bridgehead atoms. The zero-order valence-corrected chi connectivity index (χ0v) is 9.06. The molecule has 0 aliphatic carbocycles. The summed E-state index contributed by atoms with van der Waals surface area (Å²) in [5, 5.41) is 3.05. The van der Waals surface area contributed by atoms with Crippen LogP contribution < -0.4 is 5.32 Å². The molecule has 0 fully saturated rings. The number of pyridine rings is 1. The number of nitrogens with one attached hydrogen (secondary N) is 1. The molecule has 0 saturated heterocycles. The number of carbonyl (C=O) groups excluding carboxylic acids is 1. The SMILES string of the molecule is CCOC(=O)CN[C@@H](C)c1ccccn1. The first kappa shape index (κ1) is 11.7. The van der Waals surface area contributed by atoms with E-state index in [2.05, 4.69) is 10.3 Å². The lowest BCUT2D eigenvalue weighted by atomic mass is 10.2. The van der Waals surface area contributed by atoms with E-state index in [4.69, 9.17) is 4.74 Å². The Morgan fingerprint density at radius 1 is 1.60 bits per heavy atom. The van der Waals surface area contributed by atoms with Gasteiger partial charge in [-0.15, -0.1) is 0 Å². The third kappa shape index (κ3) is 4.08. The minimum Gasteiger partial charge on any atom is -0.465 e. The zero-order chi connectivity index (χ0) is 11.1. The Balaban J connectivity index is 2.37. The third-order valence-electron chi connectivity index (χ3n) is 1.99. The molecule has 0 aromatic carbocycles. The summed E-state index contributed by atoms with van der Waals surface area (Å²) in [6.07, 6.45) is 1.73. The summed E-state index contributed by atoms with van der Waals surface area (Å²) in [7, 11) is 0. The van der Waals surface area contributed by atoms with E-state index in [1.54, 1.807) is 13.1 Å². The Labute approximate surface area is 89.7 Å². The molecule has 0 spiro atoms. The van der Waals surface area contributed by atoms with Crippen LogP contribution in [0.4, 0.5) is 0 Å². The summed E-state index contributed by atoms with van der Waals surface area (Å²) in [4.78, 5) is 15.3. The van der Waals surface area contributed by atoms with Gasteiger partial charge in [-0.2, -0.15) is 0 Å². The molecule has 0 radical (unpaired) electrons. The molecule has 1 atom stereocenters. The first-order valence-corrected chi connectivity index (χ1v) is 5.04. The molecule has 0 aliphatic heterocycles. The molecule has 4 nitrogen and oxygen atoms in total. The summed E-state index contributed by atoms with van der Waals surface area (Å²) in [6, 6.07) is 5.76. The Morgan fingerprint density at radius 2 is 2.40 bits per heavy atom. The average molecular weight is 208 g/mol. The highest BCUT2D eigenvalue weighted by atomic mass is 16.5. The van der Waals surface area contributed by atoms with Crippen molar-refractivity contribution in [3.8, 4) is 0 Å². The van der Waals surface area contributed by atoms with Crippen LogP contribution in [0.5, 0.6) is 0 Å². The van der Waals surface area contributed by atoms with E-state index in [1.165, 1.54) is 0 Å². The van der Waals surface area contributed by atoms with E-state index in [1.807, 2.05) is 25.1 Å². The molecular weight excluding hydrogens is 192 g/mol. The summed E-state index contributed by atoms with van der Waals surface area (Å²) >= 11 is 0. The van der Waals surface area contributed by atoms with E-state index >= 15 is 0 Å². The van der Waals surface area contributed by atoms with Gasteiger partial charge in [0.2, 0.25) is 0 Å². The Morgan fingerprint density at radius 3 is 3.00 bits per heavy atom. The van der Waals surface area contributed by atoms with E-state index in [0.29, 0.717) is 6.61 Å². The predicted octanol–water partition coefficient (Wildman–Crippen LogP) is 1.30.